The van der Waals surface area contributed by atoms with Crippen LogP contribution in [0.5, 0.6) is 0 Å². The Labute approximate surface area is 119 Å². The van der Waals surface area contributed by atoms with Gasteiger partial charge in [0.15, 0.2) is 0 Å². The Hall–Kier alpha value is -2.15. The topological polar surface area (TPSA) is 88.3 Å². The summed E-state index contributed by atoms with van der Waals surface area (Å²) >= 11 is 1.32. The van der Waals surface area contributed by atoms with Crippen LogP contribution in [-0.4, -0.2) is 40.8 Å². The van der Waals surface area contributed by atoms with Gasteiger partial charge in [0.25, 0.3) is 5.91 Å². The maximum atomic E-state index is 12.6. The minimum atomic E-state index is -0.473. The lowest BCUT2D eigenvalue weighted by molar-refractivity contribution is -0.127. The van der Waals surface area contributed by atoms with Crippen molar-refractivity contribution < 1.29 is 9.59 Å². The zero-order valence-electron chi connectivity index (χ0n) is 10.9. The van der Waals surface area contributed by atoms with Gasteiger partial charge < -0.3 is 16.0 Å². The van der Waals surface area contributed by atoms with E-state index in [1.54, 1.807) is 30.3 Å². The van der Waals surface area contributed by atoms with E-state index in [0.717, 1.165) is 10.1 Å². The van der Waals surface area contributed by atoms with Crippen LogP contribution in [0.2, 0.25) is 0 Å². The van der Waals surface area contributed by atoms with Crippen molar-refractivity contribution in [3.8, 4) is 0 Å². The average molecular weight is 290 g/mol. The van der Waals surface area contributed by atoms with E-state index in [4.69, 9.17) is 5.73 Å². The molecule has 0 bridgehead atoms. The lowest BCUT2D eigenvalue weighted by atomic mass is 10.2. The summed E-state index contributed by atoms with van der Waals surface area (Å²) in [6, 6.07) is 1.32. The molecule has 1 fully saturated rings. The number of fused-ring (bicyclic) bond motifs is 1. The Morgan fingerprint density at radius 3 is 3.15 bits per heavy atom. The summed E-state index contributed by atoms with van der Waals surface area (Å²) in [5.74, 6) is -0.322. The van der Waals surface area contributed by atoms with Gasteiger partial charge in [0.05, 0.1) is 10.4 Å². The Morgan fingerprint density at radius 2 is 2.40 bits per heavy atom. The second kappa shape index (κ2) is 4.75. The van der Waals surface area contributed by atoms with Crippen LogP contribution < -0.4 is 11.1 Å². The largest absolute Gasteiger partial charge is 0.397 e. The first kappa shape index (κ1) is 12.9. The second-order valence-electron chi connectivity index (χ2n) is 4.68. The van der Waals surface area contributed by atoms with Crippen LogP contribution in [0.1, 0.15) is 16.6 Å². The molecule has 1 aliphatic heterocycles. The molecule has 6 nitrogen and oxygen atoms in total. The normalized spacial score (nSPS) is 19.1. The highest BCUT2D eigenvalue weighted by Gasteiger charge is 2.31. The van der Waals surface area contributed by atoms with Gasteiger partial charge in [-0.2, -0.15) is 0 Å². The third kappa shape index (κ3) is 1.90. The molecule has 0 radical (unpaired) electrons. The molecule has 2 aromatic rings. The molecule has 3 rings (SSSR count). The predicted octanol–water partition coefficient (Wildman–Crippen LogP) is 0.839. The molecule has 2 amide bonds. The molecule has 3 heterocycles. The molecular formula is C13H14N4O2S. The number of thiophene rings is 1. The number of rotatable bonds is 1. The van der Waals surface area contributed by atoms with Crippen molar-refractivity contribution in [2.75, 3.05) is 18.8 Å². The first-order valence-corrected chi connectivity index (χ1v) is 7.12. The van der Waals surface area contributed by atoms with Gasteiger partial charge in [-0.3, -0.25) is 14.6 Å². The number of piperazine rings is 1. The highest BCUT2D eigenvalue weighted by atomic mass is 32.1. The molecule has 7 heteroatoms. The van der Waals surface area contributed by atoms with Gasteiger partial charge in [0, 0.05) is 30.9 Å². The monoisotopic (exact) mass is 290 g/mol. The van der Waals surface area contributed by atoms with Crippen LogP contribution in [0.25, 0.3) is 10.1 Å². The van der Waals surface area contributed by atoms with E-state index in [1.165, 1.54) is 11.3 Å². The van der Waals surface area contributed by atoms with Gasteiger partial charge in [0.2, 0.25) is 5.91 Å². The Kier molecular flexibility index (Phi) is 3.06. The molecule has 1 saturated heterocycles. The highest BCUT2D eigenvalue weighted by Crippen LogP contribution is 2.34. The Bertz CT molecular complexity index is 697. The molecule has 2 aromatic heterocycles. The highest BCUT2D eigenvalue weighted by molar-refractivity contribution is 7.21. The summed E-state index contributed by atoms with van der Waals surface area (Å²) in [7, 11) is 0. The van der Waals surface area contributed by atoms with Crippen molar-refractivity contribution in [2.24, 2.45) is 0 Å². The standard InChI is InChI=1S/C13H14N4O2S/c1-7-12(18)16-4-5-17(7)13(19)11-10(14)8-2-3-15-6-9(8)20-11/h2-3,6-7H,4-5,14H2,1H3,(H,16,18). The number of amides is 2. The summed E-state index contributed by atoms with van der Waals surface area (Å²) in [5, 5.41) is 3.57. The number of pyridine rings is 1. The fourth-order valence-corrected chi connectivity index (χ4v) is 3.37. The molecule has 1 aliphatic rings. The number of nitrogen functional groups attached to an aromatic ring is 1. The summed E-state index contributed by atoms with van der Waals surface area (Å²) in [4.78, 5) is 30.3. The maximum absolute atomic E-state index is 12.6. The minimum absolute atomic E-state index is 0.133. The van der Waals surface area contributed by atoms with Crippen LogP contribution in [-0.2, 0) is 4.79 Å². The SMILES string of the molecule is CC1C(=O)NCCN1C(=O)c1sc2cnccc2c1N. The van der Waals surface area contributed by atoms with Crippen molar-refractivity contribution in [3.63, 3.8) is 0 Å². The van der Waals surface area contributed by atoms with Gasteiger partial charge in [-0.25, -0.2) is 0 Å². The third-order valence-electron chi connectivity index (χ3n) is 3.49. The number of aromatic nitrogens is 1. The van der Waals surface area contributed by atoms with Gasteiger partial charge in [-0.1, -0.05) is 0 Å². The molecule has 20 heavy (non-hydrogen) atoms. The zero-order valence-corrected chi connectivity index (χ0v) is 11.7. The van der Waals surface area contributed by atoms with Crippen molar-refractivity contribution >= 4 is 38.9 Å². The summed E-state index contributed by atoms with van der Waals surface area (Å²) in [6.45, 7) is 2.69. The Morgan fingerprint density at radius 1 is 1.60 bits per heavy atom. The molecule has 104 valence electrons. The number of anilines is 1. The number of hydrogen-bond donors (Lipinski definition) is 2. The molecule has 0 aliphatic carbocycles. The van der Waals surface area contributed by atoms with Gasteiger partial charge >= 0.3 is 0 Å². The van der Waals surface area contributed by atoms with Gasteiger partial charge in [0.1, 0.15) is 10.9 Å². The number of hydrogen-bond acceptors (Lipinski definition) is 5. The van der Waals surface area contributed by atoms with Crippen LogP contribution in [0.15, 0.2) is 18.5 Å². The predicted molar refractivity (Wildman–Crippen MR) is 77.5 cm³/mol. The average Bonchev–Trinajstić information content (AvgIpc) is 2.79. The minimum Gasteiger partial charge on any atom is -0.397 e. The summed E-state index contributed by atoms with van der Waals surface area (Å²) < 4.78 is 0.877. The van der Waals surface area contributed by atoms with Crippen molar-refractivity contribution in [3.05, 3.63) is 23.3 Å². The summed E-state index contributed by atoms with van der Waals surface area (Å²) in [6.07, 6.45) is 3.34. The van der Waals surface area contributed by atoms with Crippen LogP contribution in [0.4, 0.5) is 5.69 Å². The number of nitrogens with one attached hydrogen (secondary N) is 1. The summed E-state index contributed by atoms with van der Waals surface area (Å²) in [5.41, 5.74) is 6.53. The molecule has 1 unspecified atom stereocenters. The molecule has 0 spiro atoms. The lowest BCUT2D eigenvalue weighted by Crippen LogP contribution is -2.55. The van der Waals surface area contributed by atoms with E-state index >= 15 is 0 Å². The number of nitrogens with zero attached hydrogens (tertiary/aromatic N) is 2. The molecular weight excluding hydrogens is 276 g/mol. The van der Waals surface area contributed by atoms with Crippen molar-refractivity contribution in [1.29, 1.82) is 0 Å². The maximum Gasteiger partial charge on any atom is 0.266 e. The van der Waals surface area contributed by atoms with Crippen LogP contribution >= 0.6 is 11.3 Å². The van der Waals surface area contributed by atoms with E-state index in [-0.39, 0.29) is 11.8 Å². The van der Waals surface area contributed by atoms with Crippen LogP contribution in [0, 0.1) is 0 Å². The third-order valence-corrected chi connectivity index (χ3v) is 4.63. The number of nitrogens with two attached hydrogens (primary N) is 1. The molecule has 0 saturated carbocycles. The first-order valence-electron chi connectivity index (χ1n) is 6.30. The lowest BCUT2D eigenvalue weighted by Gasteiger charge is -2.32. The van der Waals surface area contributed by atoms with Crippen molar-refractivity contribution in [2.45, 2.75) is 13.0 Å². The fraction of sp³-hybridized carbons (Fsp3) is 0.308. The van der Waals surface area contributed by atoms with E-state index in [1.807, 2.05) is 0 Å². The van der Waals surface area contributed by atoms with Crippen LogP contribution in [0.3, 0.4) is 0 Å². The van der Waals surface area contributed by atoms with E-state index < -0.39 is 6.04 Å². The second-order valence-corrected chi connectivity index (χ2v) is 5.73. The Balaban J connectivity index is 2.00. The number of carbonyl (C=O) groups is 2. The van der Waals surface area contributed by atoms with Gasteiger partial charge in [-0.05, 0) is 13.0 Å². The van der Waals surface area contributed by atoms with E-state index in [9.17, 15) is 9.59 Å². The van der Waals surface area contributed by atoms with E-state index in [0.29, 0.717) is 23.7 Å². The number of carbonyl (C=O) groups excluding carboxylic acids is 2. The fourth-order valence-electron chi connectivity index (χ4n) is 2.32. The first-order chi connectivity index (χ1) is 9.59. The molecule has 0 aromatic carbocycles. The van der Waals surface area contributed by atoms with Crippen molar-refractivity contribution in [1.82, 2.24) is 15.2 Å². The van der Waals surface area contributed by atoms with Gasteiger partial charge in [-0.15, -0.1) is 11.3 Å². The molecule has 3 N–H and O–H groups in total. The quantitative estimate of drug-likeness (QED) is 0.814. The zero-order chi connectivity index (χ0) is 14.3. The molecule has 1 atom stereocenters. The van der Waals surface area contributed by atoms with E-state index in [2.05, 4.69) is 10.3 Å². The smallest absolute Gasteiger partial charge is 0.266 e.